The predicted octanol–water partition coefficient (Wildman–Crippen LogP) is 4.92. The molecule has 27 heavy (non-hydrogen) atoms. The number of nitrogens with one attached hydrogen (secondary N) is 2. The molecule has 0 unspecified atom stereocenters. The van der Waals surface area contributed by atoms with Crippen LogP contribution in [0.2, 0.25) is 0 Å². The highest BCUT2D eigenvalue weighted by Crippen LogP contribution is 2.25. The van der Waals surface area contributed by atoms with Crippen LogP contribution in [0, 0.1) is 13.8 Å². The first kappa shape index (κ1) is 19.3. The van der Waals surface area contributed by atoms with Crippen molar-refractivity contribution in [2.24, 2.45) is 0 Å². The van der Waals surface area contributed by atoms with Crippen LogP contribution in [0.15, 0.2) is 66.0 Å². The van der Waals surface area contributed by atoms with Gasteiger partial charge in [0.05, 0.1) is 18.6 Å². The molecule has 2 aromatic carbocycles. The number of aryl methyl sites for hydroxylation is 2. The van der Waals surface area contributed by atoms with Gasteiger partial charge in [0.1, 0.15) is 0 Å². The summed E-state index contributed by atoms with van der Waals surface area (Å²) in [5.41, 5.74) is 4.80. The van der Waals surface area contributed by atoms with Crippen LogP contribution in [-0.2, 0) is 4.79 Å². The minimum atomic E-state index is -0.0180. The third-order valence-corrected chi connectivity index (χ3v) is 5.77. The van der Waals surface area contributed by atoms with Crippen molar-refractivity contribution in [3.63, 3.8) is 0 Å². The molecule has 0 aliphatic heterocycles. The second kappa shape index (κ2) is 8.98. The Labute approximate surface area is 165 Å². The molecule has 0 aliphatic rings. The second-order valence-electron chi connectivity index (χ2n) is 6.87. The molecule has 1 heterocycles. The first-order chi connectivity index (χ1) is 13.0. The topological polar surface area (TPSA) is 41.1 Å². The van der Waals surface area contributed by atoms with E-state index < -0.39 is 0 Å². The highest BCUT2D eigenvalue weighted by atomic mass is 32.1. The van der Waals surface area contributed by atoms with Gasteiger partial charge in [-0.2, -0.15) is 0 Å². The molecule has 0 fully saturated rings. The van der Waals surface area contributed by atoms with E-state index in [1.165, 1.54) is 16.0 Å². The van der Waals surface area contributed by atoms with E-state index in [9.17, 15) is 4.79 Å². The fraction of sp³-hybridized carbons (Fsp3) is 0.261. The zero-order valence-corrected chi connectivity index (χ0v) is 16.8. The minimum absolute atomic E-state index is 0.00165. The van der Waals surface area contributed by atoms with E-state index in [2.05, 4.69) is 66.3 Å². The van der Waals surface area contributed by atoms with Crippen LogP contribution in [-0.4, -0.2) is 12.5 Å². The highest BCUT2D eigenvalue weighted by molar-refractivity contribution is 7.10. The summed E-state index contributed by atoms with van der Waals surface area (Å²) in [4.78, 5) is 13.7. The molecular formula is C23H26N2OS. The molecule has 0 radical (unpaired) electrons. The standard InChI is InChI=1S/C23H26N2OS/c1-16-11-12-20(14-17(16)2)18(3)25-22(26)15-24-23(21-10-7-13-27-21)19-8-5-4-6-9-19/h4-14,18,23-24H,15H2,1-3H3,(H,25,26)/t18-,23-/m1/s1. The van der Waals surface area contributed by atoms with E-state index in [-0.39, 0.29) is 24.5 Å². The Morgan fingerprint density at radius 2 is 1.74 bits per heavy atom. The summed E-state index contributed by atoms with van der Waals surface area (Å²) in [5.74, 6) is -0.00165. The Kier molecular flexibility index (Phi) is 6.43. The maximum atomic E-state index is 12.5. The second-order valence-corrected chi connectivity index (χ2v) is 7.85. The van der Waals surface area contributed by atoms with E-state index in [1.54, 1.807) is 11.3 Å². The average Bonchev–Trinajstić information content (AvgIpc) is 3.19. The van der Waals surface area contributed by atoms with Gasteiger partial charge in [-0.3, -0.25) is 10.1 Å². The monoisotopic (exact) mass is 378 g/mol. The van der Waals surface area contributed by atoms with Gasteiger partial charge in [0, 0.05) is 4.88 Å². The first-order valence-corrected chi connectivity index (χ1v) is 10.1. The van der Waals surface area contributed by atoms with Gasteiger partial charge in [0.2, 0.25) is 5.91 Å². The molecule has 2 N–H and O–H groups in total. The van der Waals surface area contributed by atoms with Gasteiger partial charge < -0.3 is 5.32 Å². The van der Waals surface area contributed by atoms with Crippen LogP contribution in [0.3, 0.4) is 0 Å². The van der Waals surface area contributed by atoms with E-state index in [1.807, 2.05) is 31.2 Å². The Balaban J connectivity index is 1.63. The summed E-state index contributed by atoms with van der Waals surface area (Å²) in [5, 5.41) is 8.58. The number of hydrogen-bond acceptors (Lipinski definition) is 3. The molecule has 0 saturated carbocycles. The van der Waals surface area contributed by atoms with Crippen molar-refractivity contribution in [3.8, 4) is 0 Å². The zero-order valence-electron chi connectivity index (χ0n) is 16.0. The lowest BCUT2D eigenvalue weighted by atomic mass is 10.0. The number of benzene rings is 2. The Morgan fingerprint density at radius 3 is 2.41 bits per heavy atom. The largest absolute Gasteiger partial charge is 0.348 e. The third kappa shape index (κ3) is 5.06. The summed E-state index contributed by atoms with van der Waals surface area (Å²) < 4.78 is 0. The van der Waals surface area contributed by atoms with Crippen molar-refractivity contribution >= 4 is 17.2 Å². The van der Waals surface area contributed by atoms with Crippen molar-refractivity contribution in [3.05, 3.63) is 93.2 Å². The maximum absolute atomic E-state index is 12.5. The molecule has 0 spiro atoms. The van der Waals surface area contributed by atoms with Crippen molar-refractivity contribution in [1.82, 2.24) is 10.6 Å². The lowest BCUT2D eigenvalue weighted by molar-refractivity contribution is -0.121. The molecule has 2 atom stereocenters. The number of carbonyl (C=O) groups is 1. The molecular weight excluding hydrogens is 352 g/mol. The summed E-state index contributed by atoms with van der Waals surface area (Å²) in [6.07, 6.45) is 0. The first-order valence-electron chi connectivity index (χ1n) is 9.23. The maximum Gasteiger partial charge on any atom is 0.234 e. The summed E-state index contributed by atoms with van der Waals surface area (Å²) in [7, 11) is 0. The quantitative estimate of drug-likeness (QED) is 0.613. The van der Waals surface area contributed by atoms with Crippen LogP contribution < -0.4 is 10.6 Å². The van der Waals surface area contributed by atoms with Crippen LogP contribution in [0.5, 0.6) is 0 Å². The van der Waals surface area contributed by atoms with Gasteiger partial charge in [-0.25, -0.2) is 0 Å². The van der Waals surface area contributed by atoms with Crippen molar-refractivity contribution < 1.29 is 4.79 Å². The van der Waals surface area contributed by atoms with Crippen LogP contribution in [0.4, 0.5) is 0 Å². The molecule has 1 amide bonds. The normalized spacial score (nSPS) is 13.1. The molecule has 3 rings (SSSR count). The number of carbonyl (C=O) groups excluding carboxylic acids is 1. The van der Waals surface area contributed by atoms with E-state index >= 15 is 0 Å². The molecule has 0 aliphatic carbocycles. The summed E-state index contributed by atoms with van der Waals surface area (Å²) in [6.45, 7) is 6.49. The molecule has 0 bridgehead atoms. The van der Waals surface area contributed by atoms with Gasteiger partial charge in [-0.05, 0) is 54.5 Å². The minimum Gasteiger partial charge on any atom is -0.348 e. The molecule has 1 aromatic heterocycles. The van der Waals surface area contributed by atoms with E-state index in [0.29, 0.717) is 0 Å². The van der Waals surface area contributed by atoms with Crippen LogP contribution in [0.1, 0.15) is 46.1 Å². The SMILES string of the molecule is Cc1ccc([C@@H](C)NC(=O)CN[C@H](c2ccccc2)c2cccs2)cc1C. The lowest BCUT2D eigenvalue weighted by Crippen LogP contribution is -2.37. The Morgan fingerprint density at radius 1 is 0.963 bits per heavy atom. The van der Waals surface area contributed by atoms with Crippen molar-refractivity contribution in [2.75, 3.05) is 6.54 Å². The van der Waals surface area contributed by atoms with Gasteiger partial charge in [0.25, 0.3) is 0 Å². The molecule has 140 valence electrons. The van der Waals surface area contributed by atoms with Crippen molar-refractivity contribution in [2.45, 2.75) is 32.9 Å². The number of amides is 1. The predicted molar refractivity (Wildman–Crippen MR) is 113 cm³/mol. The molecule has 3 nitrogen and oxygen atoms in total. The number of hydrogen-bond donors (Lipinski definition) is 2. The Bertz CT molecular complexity index is 875. The lowest BCUT2D eigenvalue weighted by Gasteiger charge is -2.20. The third-order valence-electron chi connectivity index (χ3n) is 4.84. The summed E-state index contributed by atoms with van der Waals surface area (Å²) in [6, 6.07) is 20.7. The fourth-order valence-corrected chi connectivity index (χ4v) is 3.92. The van der Waals surface area contributed by atoms with Gasteiger partial charge in [-0.15, -0.1) is 11.3 Å². The Hall–Kier alpha value is -2.43. The number of thiophene rings is 1. The van der Waals surface area contributed by atoms with Gasteiger partial charge in [-0.1, -0.05) is 54.6 Å². The van der Waals surface area contributed by atoms with Crippen LogP contribution in [0.25, 0.3) is 0 Å². The number of rotatable bonds is 7. The van der Waals surface area contributed by atoms with E-state index in [0.717, 1.165) is 11.1 Å². The zero-order chi connectivity index (χ0) is 19.2. The van der Waals surface area contributed by atoms with Gasteiger partial charge >= 0.3 is 0 Å². The van der Waals surface area contributed by atoms with E-state index in [4.69, 9.17) is 0 Å². The van der Waals surface area contributed by atoms with Gasteiger partial charge in [0.15, 0.2) is 0 Å². The smallest absolute Gasteiger partial charge is 0.234 e. The molecule has 0 saturated heterocycles. The van der Waals surface area contributed by atoms with Crippen molar-refractivity contribution in [1.29, 1.82) is 0 Å². The molecule has 4 heteroatoms. The molecule has 3 aromatic rings. The fourth-order valence-electron chi connectivity index (χ4n) is 3.09. The van der Waals surface area contributed by atoms with Crippen LogP contribution >= 0.6 is 11.3 Å². The highest BCUT2D eigenvalue weighted by Gasteiger charge is 2.17. The average molecular weight is 379 g/mol. The summed E-state index contributed by atoms with van der Waals surface area (Å²) >= 11 is 1.70.